The van der Waals surface area contributed by atoms with Gasteiger partial charge in [-0.3, -0.25) is 24.1 Å². The highest BCUT2D eigenvalue weighted by molar-refractivity contribution is 5.97. The topological polar surface area (TPSA) is 238 Å². The molecule has 4 heterocycles. The maximum Gasteiger partial charge on any atom is 0.410 e. The van der Waals surface area contributed by atoms with Crippen LogP contribution in [-0.2, 0) is 61.3 Å². The number of carbonyl (C=O) groups excluding carboxylic acids is 5. The molecule has 6 aromatic carbocycles. The van der Waals surface area contributed by atoms with E-state index < -0.39 is 29.9 Å². The molecule has 4 aliphatic rings. The molecule has 0 fully saturated rings. The first-order chi connectivity index (χ1) is 40.4. The summed E-state index contributed by atoms with van der Waals surface area (Å²) in [6, 6.07) is 35.2. The molecule has 0 aliphatic carbocycles. The zero-order valence-electron chi connectivity index (χ0n) is 48.3. The number of fused-ring (bicyclic) bond motifs is 4. The molecule has 0 saturated carbocycles. The maximum absolute atomic E-state index is 13.3. The molecule has 0 spiro atoms. The van der Waals surface area contributed by atoms with Gasteiger partial charge < -0.3 is 64.8 Å². The van der Waals surface area contributed by atoms with Crippen LogP contribution in [0.1, 0.15) is 107 Å². The van der Waals surface area contributed by atoms with Crippen molar-refractivity contribution >= 4 is 29.7 Å². The molecule has 6 aromatic rings. The molecule has 19 nitrogen and oxygen atoms in total. The van der Waals surface area contributed by atoms with Gasteiger partial charge in [-0.2, -0.15) is 0 Å². The molecule has 4 atom stereocenters. The van der Waals surface area contributed by atoms with Crippen molar-refractivity contribution in [1.82, 2.24) is 30.7 Å². The van der Waals surface area contributed by atoms with Crippen molar-refractivity contribution in [2.45, 2.75) is 103 Å². The van der Waals surface area contributed by atoms with Gasteiger partial charge in [0.15, 0.2) is 6.79 Å². The molecule has 0 unspecified atom stereocenters. The van der Waals surface area contributed by atoms with Crippen LogP contribution in [0.15, 0.2) is 121 Å². The van der Waals surface area contributed by atoms with Crippen molar-refractivity contribution in [3.05, 3.63) is 188 Å². The Morgan fingerprint density at radius 1 is 0.571 bits per heavy atom. The second-order valence-electron chi connectivity index (χ2n) is 22.4. The Hall–Kier alpha value is -8.49. The monoisotopic (exact) mass is 1150 g/mol. The van der Waals surface area contributed by atoms with E-state index in [1.54, 1.807) is 120 Å². The van der Waals surface area contributed by atoms with Crippen LogP contribution in [-0.4, -0.2) is 144 Å². The number of ether oxygens (including phenoxy) is 5. The fourth-order valence-corrected chi connectivity index (χ4v) is 10.9. The van der Waals surface area contributed by atoms with Crippen molar-refractivity contribution in [1.29, 1.82) is 0 Å². The molecular formula is C65H74N6O13. The lowest BCUT2D eigenvalue weighted by Gasteiger charge is -2.40. The van der Waals surface area contributed by atoms with E-state index in [4.69, 9.17) is 23.7 Å². The third-order valence-corrected chi connectivity index (χ3v) is 15.6. The third kappa shape index (κ3) is 14.8. The highest BCUT2D eigenvalue weighted by Crippen LogP contribution is 2.31. The minimum atomic E-state index is -1.06. The quantitative estimate of drug-likeness (QED) is 0.0585. The van der Waals surface area contributed by atoms with E-state index in [9.17, 15) is 39.3 Å². The number of methoxy groups -OCH3 is 3. The van der Waals surface area contributed by atoms with Gasteiger partial charge in [-0.25, -0.2) is 4.79 Å². The largest absolute Gasteiger partial charge is 0.508 e. The Kier molecular flexibility index (Phi) is 19.2. The number of rotatable bonds is 15. The number of aliphatic hydroxyl groups is 2. The van der Waals surface area contributed by atoms with E-state index in [0.717, 1.165) is 44.5 Å². The molecule has 0 aromatic heterocycles. The minimum Gasteiger partial charge on any atom is -0.508 e. The Morgan fingerprint density at radius 3 is 1.61 bits per heavy atom. The van der Waals surface area contributed by atoms with Crippen LogP contribution < -0.4 is 30.2 Å². The van der Waals surface area contributed by atoms with Gasteiger partial charge in [0.25, 0.3) is 23.6 Å². The fourth-order valence-electron chi connectivity index (χ4n) is 10.9. The molecule has 19 heteroatoms. The molecule has 4 aliphatic heterocycles. The smallest absolute Gasteiger partial charge is 0.410 e. The number of nitrogens with zero attached hydrogens (tertiary/aromatic N) is 3. The molecule has 10 rings (SSSR count). The number of carbonyl (C=O) groups is 5. The lowest BCUT2D eigenvalue weighted by Crippen LogP contribution is -2.54. The normalized spacial score (nSPS) is 16.8. The van der Waals surface area contributed by atoms with E-state index in [2.05, 4.69) is 16.0 Å². The number of benzene rings is 6. The number of hydrogen-bond acceptors (Lipinski definition) is 14. The van der Waals surface area contributed by atoms with Crippen LogP contribution in [0.2, 0.25) is 0 Å². The summed E-state index contributed by atoms with van der Waals surface area (Å²) in [5.41, 5.74) is 9.53. The van der Waals surface area contributed by atoms with Gasteiger partial charge in [0.2, 0.25) is 0 Å². The van der Waals surface area contributed by atoms with Crippen LogP contribution >= 0.6 is 0 Å². The third-order valence-electron chi connectivity index (χ3n) is 15.6. The summed E-state index contributed by atoms with van der Waals surface area (Å²) in [6.45, 7) is 8.37. The number of hydrogen-bond donors (Lipinski definition) is 6. The Bertz CT molecular complexity index is 3350. The van der Waals surface area contributed by atoms with Crippen LogP contribution in [0.4, 0.5) is 4.79 Å². The second-order valence-corrected chi connectivity index (χ2v) is 22.4. The SMILES string of the molecule is COCOc1ccc2c(c1)CN(C(=O)OC(C)(C)C)[C@H]([C@H](O)CNC(=O)c1ccc3c(c1)CCN(C(=O)c1ccc(OC)cc1)C3)C2.COc1ccc(C(=O)N2CCc3cc(C(=O)NC[C@@H](O)[C@@H]4Cc5ccc(O)cc5CN4)ccc3C2)cc1. The Morgan fingerprint density at radius 2 is 1.07 bits per heavy atom. The highest BCUT2D eigenvalue weighted by Gasteiger charge is 2.38. The maximum atomic E-state index is 13.3. The van der Waals surface area contributed by atoms with Gasteiger partial charge in [0, 0.05) is 87.8 Å². The first-order valence-electron chi connectivity index (χ1n) is 28.2. The van der Waals surface area contributed by atoms with Gasteiger partial charge in [-0.15, -0.1) is 0 Å². The van der Waals surface area contributed by atoms with E-state index in [-0.39, 0.29) is 61.8 Å². The van der Waals surface area contributed by atoms with Crippen molar-refractivity contribution in [3.63, 3.8) is 0 Å². The fraction of sp³-hybridized carbons (Fsp3) is 0.369. The number of aromatic hydroxyl groups is 1. The van der Waals surface area contributed by atoms with E-state index in [0.29, 0.717) is 97.9 Å². The van der Waals surface area contributed by atoms with Crippen LogP contribution in [0, 0.1) is 0 Å². The van der Waals surface area contributed by atoms with Gasteiger partial charge in [-0.05, 0) is 188 Å². The lowest BCUT2D eigenvalue weighted by molar-refractivity contribution is -0.0114. The molecule has 5 amide bonds. The summed E-state index contributed by atoms with van der Waals surface area (Å²) in [4.78, 5) is 70.5. The summed E-state index contributed by atoms with van der Waals surface area (Å²) in [7, 11) is 4.72. The number of aliphatic hydroxyl groups excluding tert-OH is 2. The minimum absolute atomic E-state index is 0.0279. The predicted octanol–water partition coefficient (Wildman–Crippen LogP) is 6.73. The van der Waals surface area contributed by atoms with Gasteiger partial charge in [0.05, 0.1) is 32.5 Å². The Labute approximate surface area is 489 Å². The summed E-state index contributed by atoms with van der Waals surface area (Å²) in [6.07, 6.45) is -0.0676. The van der Waals surface area contributed by atoms with E-state index >= 15 is 0 Å². The summed E-state index contributed by atoms with van der Waals surface area (Å²) in [5, 5.41) is 40.6. The molecule has 0 saturated heterocycles. The highest BCUT2D eigenvalue weighted by atomic mass is 16.7. The average Bonchev–Trinajstić information content (AvgIpc) is 2.21. The van der Waals surface area contributed by atoms with Crippen molar-refractivity contribution in [2.75, 3.05) is 54.3 Å². The number of nitrogens with one attached hydrogen (secondary N) is 3. The van der Waals surface area contributed by atoms with Crippen LogP contribution in [0.3, 0.4) is 0 Å². The van der Waals surface area contributed by atoms with Crippen molar-refractivity contribution in [3.8, 4) is 23.0 Å². The number of amides is 5. The van der Waals surface area contributed by atoms with Gasteiger partial charge in [0.1, 0.15) is 28.6 Å². The first-order valence-corrected chi connectivity index (χ1v) is 28.2. The molecule has 442 valence electrons. The molecular weight excluding hydrogens is 1070 g/mol. The standard InChI is InChI=1S/C36H43N3O8.C29H31N3O5/c1-36(2,3)47-35(43)39-21-28-17-30(46-22-44-4)13-10-24(28)18-31(39)32(40)19-37-33(41)26-6-7-27-20-38(15-14-25(27)16-26)34(42)23-8-11-29(45-5)12-9-23;1-37-25-8-5-18(6-9-25)29(36)32-11-10-20-12-21(2-3-22(20)17-32)28(35)31-16-27(34)26-14-19-4-7-24(33)13-23(19)15-30-26/h6-13,16-17,31-32,40H,14-15,18-22H2,1-5H3,(H,37,41);2-9,12-13,26-27,30,33-34H,10-11,14-17H2,1H3,(H,31,35)/t31-,32+;26-,27+/m00/s1. The summed E-state index contributed by atoms with van der Waals surface area (Å²) in [5.74, 6) is 1.59. The average molecular weight is 1150 g/mol. The predicted molar refractivity (Wildman–Crippen MR) is 313 cm³/mol. The number of phenolic OH excluding ortho intramolecular Hbond substituents is 1. The van der Waals surface area contributed by atoms with E-state index in [1.807, 2.05) is 53.4 Å². The Balaban J connectivity index is 0.000000207. The zero-order chi connectivity index (χ0) is 59.7. The molecule has 84 heavy (non-hydrogen) atoms. The summed E-state index contributed by atoms with van der Waals surface area (Å²) < 4.78 is 26.6. The van der Waals surface area contributed by atoms with Crippen molar-refractivity contribution in [2.24, 2.45) is 0 Å². The van der Waals surface area contributed by atoms with Crippen LogP contribution in [0.25, 0.3) is 0 Å². The van der Waals surface area contributed by atoms with Gasteiger partial charge >= 0.3 is 6.09 Å². The summed E-state index contributed by atoms with van der Waals surface area (Å²) >= 11 is 0. The van der Waals surface area contributed by atoms with Crippen LogP contribution in [0.5, 0.6) is 23.0 Å². The van der Waals surface area contributed by atoms with Crippen molar-refractivity contribution < 1.29 is 63.0 Å². The molecule has 0 radical (unpaired) electrons. The molecule has 6 N–H and O–H groups in total. The zero-order valence-corrected chi connectivity index (χ0v) is 48.3. The molecule has 0 bridgehead atoms. The second kappa shape index (κ2) is 26.8. The number of phenols is 1. The van der Waals surface area contributed by atoms with Gasteiger partial charge in [-0.1, -0.05) is 24.3 Å². The van der Waals surface area contributed by atoms with E-state index in [1.165, 1.54) is 4.90 Å². The first kappa shape index (κ1) is 60.1. The lowest BCUT2D eigenvalue weighted by atomic mass is 9.91.